The summed E-state index contributed by atoms with van der Waals surface area (Å²) in [7, 11) is 3.15. The molecule has 0 saturated heterocycles. The van der Waals surface area contributed by atoms with Crippen molar-refractivity contribution in [3.63, 3.8) is 0 Å². The van der Waals surface area contributed by atoms with Crippen molar-refractivity contribution in [1.29, 1.82) is 0 Å². The highest BCUT2D eigenvalue weighted by Crippen LogP contribution is 2.33. The lowest BCUT2D eigenvalue weighted by Gasteiger charge is -2.14. The standard InChI is InChI=1S/C22H23NO4/c1-5-14(2)27-17-8-6-7-16(11-17)22(24)21-18-13-20(26-4)19(25-3)12-15(18)9-10-23-21/h6-14H,5H2,1-4H3. The largest absolute Gasteiger partial charge is 0.493 e. The molecule has 1 aromatic heterocycles. The van der Waals surface area contributed by atoms with E-state index >= 15 is 0 Å². The molecule has 0 radical (unpaired) electrons. The summed E-state index contributed by atoms with van der Waals surface area (Å²) < 4.78 is 16.6. The average Bonchev–Trinajstić information content (AvgIpc) is 2.71. The number of hydrogen-bond acceptors (Lipinski definition) is 5. The molecule has 5 heteroatoms. The van der Waals surface area contributed by atoms with E-state index in [1.807, 2.05) is 31.2 Å². The fourth-order valence-corrected chi connectivity index (χ4v) is 2.84. The summed E-state index contributed by atoms with van der Waals surface area (Å²) in [5.74, 6) is 1.68. The molecular formula is C22H23NO4. The van der Waals surface area contributed by atoms with Crippen molar-refractivity contribution in [3.8, 4) is 17.2 Å². The lowest BCUT2D eigenvalue weighted by atomic mass is 10.0. The molecule has 5 nitrogen and oxygen atoms in total. The lowest BCUT2D eigenvalue weighted by Crippen LogP contribution is -2.11. The van der Waals surface area contributed by atoms with Crippen molar-refractivity contribution in [2.75, 3.05) is 14.2 Å². The molecule has 3 rings (SSSR count). The second-order valence-corrected chi connectivity index (χ2v) is 6.28. The van der Waals surface area contributed by atoms with Crippen molar-refractivity contribution in [3.05, 3.63) is 59.9 Å². The van der Waals surface area contributed by atoms with Crippen LogP contribution in [0.4, 0.5) is 0 Å². The predicted octanol–water partition coefficient (Wildman–Crippen LogP) is 4.66. The zero-order chi connectivity index (χ0) is 19.4. The van der Waals surface area contributed by atoms with E-state index in [0.717, 1.165) is 11.8 Å². The Balaban J connectivity index is 2.04. The summed E-state index contributed by atoms with van der Waals surface area (Å²) in [5, 5.41) is 1.58. The highest BCUT2D eigenvalue weighted by atomic mass is 16.5. The third-order valence-corrected chi connectivity index (χ3v) is 4.49. The van der Waals surface area contributed by atoms with E-state index in [9.17, 15) is 4.79 Å². The minimum atomic E-state index is -0.164. The molecule has 0 bridgehead atoms. The number of aromatic nitrogens is 1. The summed E-state index contributed by atoms with van der Waals surface area (Å²) in [6, 6.07) is 12.7. The van der Waals surface area contributed by atoms with E-state index in [0.29, 0.717) is 33.9 Å². The number of fused-ring (bicyclic) bond motifs is 1. The fraction of sp³-hybridized carbons (Fsp3) is 0.273. The molecule has 0 N–H and O–H groups in total. The Hall–Kier alpha value is -3.08. The van der Waals surface area contributed by atoms with Crippen LogP contribution in [0.25, 0.3) is 10.8 Å². The van der Waals surface area contributed by atoms with Crippen molar-refractivity contribution in [2.24, 2.45) is 0 Å². The van der Waals surface area contributed by atoms with Crippen molar-refractivity contribution in [2.45, 2.75) is 26.4 Å². The number of rotatable bonds is 7. The molecule has 0 spiro atoms. The maximum Gasteiger partial charge on any atom is 0.212 e. The maximum atomic E-state index is 13.1. The Morgan fingerprint density at radius 1 is 1.07 bits per heavy atom. The Bertz CT molecular complexity index is 968. The molecule has 1 unspecified atom stereocenters. The molecule has 0 aliphatic heterocycles. The minimum Gasteiger partial charge on any atom is -0.493 e. The van der Waals surface area contributed by atoms with Crippen LogP contribution in [0.3, 0.4) is 0 Å². The normalized spacial score (nSPS) is 11.9. The molecule has 27 heavy (non-hydrogen) atoms. The number of carbonyl (C=O) groups is 1. The van der Waals surface area contributed by atoms with Crippen molar-refractivity contribution in [1.82, 2.24) is 4.98 Å². The number of hydrogen-bond donors (Lipinski definition) is 0. The topological polar surface area (TPSA) is 57.7 Å². The molecule has 2 aromatic carbocycles. The first kappa shape index (κ1) is 18.7. The maximum absolute atomic E-state index is 13.1. The molecular weight excluding hydrogens is 342 g/mol. The monoisotopic (exact) mass is 365 g/mol. The lowest BCUT2D eigenvalue weighted by molar-refractivity contribution is 0.103. The third-order valence-electron chi connectivity index (χ3n) is 4.49. The van der Waals surface area contributed by atoms with Gasteiger partial charge in [0.25, 0.3) is 0 Å². The van der Waals surface area contributed by atoms with Gasteiger partial charge in [0.1, 0.15) is 11.4 Å². The van der Waals surface area contributed by atoms with Crippen LogP contribution in [0.5, 0.6) is 17.2 Å². The number of ether oxygens (including phenoxy) is 3. The van der Waals surface area contributed by atoms with Gasteiger partial charge in [0.05, 0.1) is 20.3 Å². The molecule has 0 aliphatic carbocycles. The Kier molecular flexibility index (Phi) is 5.60. The van der Waals surface area contributed by atoms with Crippen LogP contribution in [0.15, 0.2) is 48.7 Å². The highest BCUT2D eigenvalue weighted by molar-refractivity contribution is 6.15. The summed E-state index contributed by atoms with van der Waals surface area (Å²) in [4.78, 5) is 17.5. The molecule has 140 valence electrons. The molecule has 1 atom stereocenters. The first-order chi connectivity index (χ1) is 13.1. The van der Waals surface area contributed by atoms with Gasteiger partial charge in [0, 0.05) is 17.1 Å². The van der Waals surface area contributed by atoms with Gasteiger partial charge in [-0.25, -0.2) is 0 Å². The van der Waals surface area contributed by atoms with Crippen LogP contribution >= 0.6 is 0 Å². The van der Waals surface area contributed by atoms with Gasteiger partial charge in [-0.2, -0.15) is 0 Å². The Morgan fingerprint density at radius 2 is 1.81 bits per heavy atom. The molecule has 3 aromatic rings. The summed E-state index contributed by atoms with van der Waals surface area (Å²) in [5.41, 5.74) is 0.903. The number of benzene rings is 2. The van der Waals surface area contributed by atoms with Gasteiger partial charge >= 0.3 is 0 Å². The van der Waals surface area contributed by atoms with E-state index in [-0.39, 0.29) is 11.9 Å². The van der Waals surface area contributed by atoms with Gasteiger partial charge in [0.15, 0.2) is 11.5 Å². The predicted molar refractivity (Wildman–Crippen MR) is 105 cm³/mol. The number of ketones is 1. The minimum absolute atomic E-state index is 0.0859. The van der Waals surface area contributed by atoms with Gasteiger partial charge in [-0.15, -0.1) is 0 Å². The SMILES string of the molecule is CCC(C)Oc1cccc(C(=O)c2nccc3cc(OC)c(OC)cc23)c1. The van der Waals surface area contributed by atoms with Crippen LogP contribution in [0.1, 0.15) is 36.3 Å². The number of carbonyl (C=O) groups excluding carboxylic acids is 1. The van der Waals surface area contributed by atoms with Crippen LogP contribution in [-0.2, 0) is 0 Å². The zero-order valence-corrected chi connectivity index (χ0v) is 16.0. The van der Waals surface area contributed by atoms with Crippen molar-refractivity contribution < 1.29 is 19.0 Å². The molecule has 0 amide bonds. The van der Waals surface area contributed by atoms with Crippen LogP contribution < -0.4 is 14.2 Å². The molecule has 0 saturated carbocycles. The average molecular weight is 365 g/mol. The van der Waals surface area contributed by atoms with E-state index in [1.165, 1.54) is 0 Å². The van der Waals surface area contributed by atoms with Crippen LogP contribution in [-0.4, -0.2) is 31.1 Å². The zero-order valence-electron chi connectivity index (χ0n) is 16.0. The van der Waals surface area contributed by atoms with Gasteiger partial charge < -0.3 is 14.2 Å². The van der Waals surface area contributed by atoms with E-state index in [2.05, 4.69) is 11.9 Å². The summed E-state index contributed by atoms with van der Waals surface area (Å²) in [6.45, 7) is 4.06. The summed E-state index contributed by atoms with van der Waals surface area (Å²) in [6.07, 6.45) is 2.61. The van der Waals surface area contributed by atoms with E-state index < -0.39 is 0 Å². The quantitative estimate of drug-likeness (QED) is 0.570. The molecule has 1 heterocycles. The Morgan fingerprint density at radius 3 is 2.52 bits per heavy atom. The molecule has 0 aliphatic rings. The fourth-order valence-electron chi connectivity index (χ4n) is 2.84. The van der Waals surface area contributed by atoms with Crippen LogP contribution in [0.2, 0.25) is 0 Å². The number of pyridine rings is 1. The second-order valence-electron chi connectivity index (χ2n) is 6.28. The molecule has 0 fully saturated rings. The highest BCUT2D eigenvalue weighted by Gasteiger charge is 2.17. The first-order valence-electron chi connectivity index (χ1n) is 8.89. The van der Waals surface area contributed by atoms with E-state index in [4.69, 9.17) is 14.2 Å². The number of methoxy groups -OCH3 is 2. The second kappa shape index (κ2) is 8.08. The van der Waals surface area contributed by atoms with Crippen LogP contribution in [0, 0.1) is 0 Å². The van der Waals surface area contributed by atoms with Crippen molar-refractivity contribution >= 4 is 16.6 Å². The van der Waals surface area contributed by atoms with Gasteiger partial charge in [0.2, 0.25) is 5.78 Å². The third kappa shape index (κ3) is 3.87. The van der Waals surface area contributed by atoms with Gasteiger partial charge in [-0.1, -0.05) is 19.1 Å². The first-order valence-corrected chi connectivity index (χ1v) is 8.89. The number of nitrogens with zero attached hydrogens (tertiary/aromatic N) is 1. The smallest absolute Gasteiger partial charge is 0.212 e. The van der Waals surface area contributed by atoms with E-state index in [1.54, 1.807) is 38.6 Å². The van der Waals surface area contributed by atoms with Gasteiger partial charge in [-0.05, 0) is 49.1 Å². The van der Waals surface area contributed by atoms with Gasteiger partial charge in [-0.3, -0.25) is 9.78 Å². The summed E-state index contributed by atoms with van der Waals surface area (Å²) >= 11 is 0. The Labute approximate surface area is 158 Å².